The molecule has 2 fully saturated rings. The van der Waals surface area contributed by atoms with Crippen molar-refractivity contribution in [2.24, 2.45) is 5.41 Å². The Labute approximate surface area is 108 Å². The number of hydrogen-bond acceptors (Lipinski definition) is 4. The van der Waals surface area contributed by atoms with Crippen LogP contribution in [0.5, 0.6) is 5.75 Å². The average molecular weight is 268 g/mol. The largest absolute Gasteiger partial charge is 0.506 e. The Morgan fingerprint density at radius 2 is 2.11 bits per heavy atom. The van der Waals surface area contributed by atoms with E-state index in [9.17, 15) is 14.3 Å². The number of nitrogens with one attached hydrogen (secondary N) is 1. The molecule has 2 aliphatic heterocycles. The molecule has 1 aromatic rings. The summed E-state index contributed by atoms with van der Waals surface area (Å²) >= 11 is 0. The molecule has 102 valence electrons. The lowest BCUT2D eigenvalue weighted by Gasteiger charge is -2.56. The van der Waals surface area contributed by atoms with Gasteiger partial charge in [0.25, 0.3) is 0 Å². The molecule has 0 unspecified atom stereocenters. The predicted molar refractivity (Wildman–Crippen MR) is 65.2 cm³/mol. The number of ether oxygens (including phenoxy) is 1. The zero-order valence-electron chi connectivity index (χ0n) is 10.0. The van der Waals surface area contributed by atoms with Crippen LogP contribution in [-0.4, -0.2) is 42.6 Å². The fourth-order valence-electron chi connectivity index (χ4n) is 2.52. The summed E-state index contributed by atoms with van der Waals surface area (Å²) in [6, 6.07) is 2.23. The number of phenolic OH excluding ortho intramolecular Hbond substituents is 1. The molecule has 1 spiro atoms. The van der Waals surface area contributed by atoms with Crippen molar-refractivity contribution in [3.8, 4) is 5.75 Å². The second-order valence-electron chi connectivity index (χ2n) is 5.10. The molecular weight excluding hydrogens is 255 g/mol. The van der Waals surface area contributed by atoms with Crippen molar-refractivity contribution >= 4 is 17.5 Å². The van der Waals surface area contributed by atoms with Gasteiger partial charge >= 0.3 is 6.09 Å². The smallest absolute Gasteiger partial charge is 0.409 e. The Kier molecular flexibility index (Phi) is 2.53. The molecule has 1 amide bonds. The summed E-state index contributed by atoms with van der Waals surface area (Å²) in [7, 11) is 0. The first kappa shape index (κ1) is 12.0. The summed E-state index contributed by atoms with van der Waals surface area (Å²) in [5, 5.41) is 20.2. The average Bonchev–Trinajstić information content (AvgIpc) is 2.20. The number of phenols is 1. The quantitative estimate of drug-likeness (QED) is 0.707. The number of carboxylic acid groups (broad SMARTS) is 1. The maximum atomic E-state index is 13.9. The topological polar surface area (TPSA) is 82.0 Å². The van der Waals surface area contributed by atoms with Crippen molar-refractivity contribution in [2.45, 2.75) is 0 Å². The van der Waals surface area contributed by atoms with Crippen LogP contribution < -0.4 is 10.2 Å². The Bertz CT molecular complexity index is 537. The van der Waals surface area contributed by atoms with E-state index in [1.807, 2.05) is 10.2 Å². The van der Waals surface area contributed by atoms with E-state index in [1.54, 1.807) is 0 Å². The molecule has 2 saturated heterocycles. The Hall–Kier alpha value is -2.02. The van der Waals surface area contributed by atoms with Crippen LogP contribution in [0.1, 0.15) is 0 Å². The van der Waals surface area contributed by atoms with Gasteiger partial charge in [0.05, 0.1) is 30.0 Å². The second-order valence-corrected chi connectivity index (χ2v) is 5.10. The van der Waals surface area contributed by atoms with E-state index in [1.165, 1.54) is 6.07 Å². The van der Waals surface area contributed by atoms with Crippen LogP contribution in [0.3, 0.4) is 0 Å². The summed E-state index contributed by atoms with van der Waals surface area (Å²) in [4.78, 5) is 12.3. The molecule has 7 heteroatoms. The first-order valence-corrected chi connectivity index (χ1v) is 5.84. The van der Waals surface area contributed by atoms with E-state index >= 15 is 0 Å². The highest BCUT2D eigenvalue weighted by Crippen LogP contribution is 2.42. The third kappa shape index (κ3) is 1.95. The van der Waals surface area contributed by atoms with Crippen LogP contribution in [0.25, 0.3) is 0 Å². The molecule has 0 atom stereocenters. The molecule has 0 saturated carbocycles. The van der Waals surface area contributed by atoms with E-state index in [0.717, 1.165) is 6.07 Å². The molecule has 0 aliphatic carbocycles. The van der Waals surface area contributed by atoms with E-state index in [0.29, 0.717) is 26.3 Å². The second kappa shape index (κ2) is 3.99. The van der Waals surface area contributed by atoms with Crippen molar-refractivity contribution in [2.75, 3.05) is 36.5 Å². The summed E-state index contributed by atoms with van der Waals surface area (Å²) in [5.41, 5.74) is 0.266. The number of aromatic hydroxyl groups is 1. The minimum atomic E-state index is -1.35. The molecule has 3 rings (SSSR count). The van der Waals surface area contributed by atoms with Crippen molar-refractivity contribution in [1.29, 1.82) is 0 Å². The van der Waals surface area contributed by atoms with Gasteiger partial charge in [0.1, 0.15) is 11.6 Å². The summed E-state index contributed by atoms with van der Waals surface area (Å²) in [5.74, 6) is -0.846. The van der Waals surface area contributed by atoms with Gasteiger partial charge in [0.2, 0.25) is 0 Å². The molecular formula is C12H13FN2O4. The van der Waals surface area contributed by atoms with Crippen molar-refractivity contribution in [1.82, 2.24) is 0 Å². The van der Waals surface area contributed by atoms with Gasteiger partial charge in [-0.3, -0.25) is 5.32 Å². The molecule has 1 aromatic carbocycles. The number of anilines is 2. The van der Waals surface area contributed by atoms with Gasteiger partial charge < -0.3 is 19.8 Å². The van der Waals surface area contributed by atoms with Crippen LogP contribution >= 0.6 is 0 Å². The van der Waals surface area contributed by atoms with E-state index < -0.39 is 11.9 Å². The lowest BCUT2D eigenvalue weighted by Crippen LogP contribution is -2.66. The number of hydrogen-bond donors (Lipinski definition) is 3. The maximum absolute atomic E-state index is 13.9. The zero-order valence-corrected chi connectivity index (χ0v) is 10.0. The Morgan fingerprint density at radius 3 is 2.63 bits per heavy atom. The van der Waals surface area contributed by atoms with Gasteiger partial charge in [0, 0.05) is 25.2 Å². The van der Waals surface area contributed by atoms with E-state index in [-0.39, 0.29) is 22.5 Å². The van der Waals surface area contributed by atoms with Crippen molar-refractivity contribution < 1.29 is 24.1 Å². The third-order valence-electron chi connectivity index (χ3n) is 3.52. The van der Waals surface area contributed by atoms with Crippen LogP contribution in [-0.2, 0) is 4.74 Å². The monoisotopic (exact) mass is 268 g/mol. The molecule has 0 radical (unpaired) electrons. The highest BCUT2D eigenvalue weighted by molar-refractivity contribution is 5.86. The predicted octanol–water partition coefficient (Wildman–Crippen LogP) is 1.46. The minimum Gasteiger partial charge on any atom is -0.506 e. The third-order valence-corrected chi connectivity index (χ3v) is 3.52. The van der Waals surface area contributed by atoms with Gasteiger partial charge in [-0.15, -0.1) is 0 Å². The molecule has 3 N–H and O–H groups in total. The minimum absolute atomic E-state index is 0.139. The number of nitrogens with zero attached hydrogens (tertiary/aromatic N) is 1. The van der Waals surface area contributed by atoms with Gasteiger partial charge in [-0.1, -0.05) is 0 Å². The van der Waals surface area contributed by atoms with Crippen LogP contribution in [0.4, 0.5) is 20.6 Å². The van der Waals surface area contributed by atoms with Crippen LogP contribution in [0.15, 0.2) is 12.1 Å². The summed E-state index contributed by atoms with van der Waals surface area (Å²) in [6.45, 7) is 2.76. The molecule has 2 aliphatic rings. The highest BCUT2D eigenvalue weighted by Gasteiger charge is 2.49. The van der Waals surface area contributed by atoms with Crippen LogP contribution in [0.2, 0.25) is 0 Å². The fourth-order valence-corrected chi connectivity index (χ4v) is 2.52. The summed E-state index contributed by atoms with van der Waals surface area (Å²) in [6.07, 6.45) is -1.35. The molecule has 6 nitrogen and oxygen atoms in total. The lowest BCUT2D eigenvalue weighted by molar-refractivity contribution is -0.127. The van der Waals surface area contributed by atoms with Crippen LogP contribution in [0, 0.1) is 11.2 Å². The van der Waals surface area contributed by atoms with E-state index in [2.05, 4.69) is 0 Å². The Balaban J connectivity index is 1.79. The first-order chi connectivity index (χ1) is 8.99. The summed E-state index contributed by atoms with van der Waals surface area (Å²) < 4.78 is 19.0. The number of rotatable bonds is 2. The Morgan fingerprint density at radius 1 is 1.42 bits per heavy atom. The first-order valence-electron chi connectivity index (χ1n) is 5.84. The van der Waals surface area contributed by atoms with Gasteiger partial charge in [0.15, 0.2) is 0 Å². The van der Waals surface area contributed by atoms with Crippen molar-refractivity contribution in [3.63, 3.8) is 0 Å². The van der Waals surface area contributed by atoms with Crippen molar-refractivity contribution in [3.05, 3.63) is 17.9 Å². The lowest BCUT2D eigenvalue weighted by atomic mass is 9.77. The molecule has 19 heavy (non-hydrogen) atoms. The number of benzene rings is 1. The maximum Gasteiger partial charge on any atom is 0.409 e. The molecule has 0 aromatic heterocycles. The standard InChI is InChI=1S/C12H13FN2O4/c13-7-1-8(14-11(17)18)10(16)2-9(7)15-3-12(4-15)5-19-6-12/h1-2,14,16H,3-6H2,(H,17,18). The van der Waals surface area contributed by atoms with Gasteiger partial charge in [-0.25, -0.2) is 9.18 Å². The SMILES string of the molecule is O=C(O)Nc1cc(F)c(N2CC3(COC3)C2)cc1O. The number of amides is 1. The fraction of sp³-hybridized carbons (Fsp3) is 0.417. The zero-order chi connectivity index (χ0) is 13.6. The van der Waals surface area contributed by atoms with Gasteiger partial charge in [-0.05, 0) is 0 Å². The number of carbonyl (C=O) groups is 1. The molecule has 2 heterocycles. The molecule has 0 bridgehead atoms. The number of halogens is 1. The normalized spacial score (nSPS) is 19.7. The highest BCUT2D eigenvalue weighted by atomic mass is 19.1. The van der Waals surface area contributed by atoms with Gasteiger partial charge in [-0.2, -0.15) is 0 Å². The van der Waals surface area contributed by atoms with E-state index in [4.69, 9.17) is 9.84 Å².